The second kappa shape index (κ2) is 8.13. The predicted octanol–water partition coefficient (Wildman–Crippen LogP) is 3.16. The van der Waals surface area contributed by atoms with E-state index in [-0.39, 0.29) is 10.9 Å². The molecule has 2 N–H and O–H groups in total. The summed E-state index contributed by atoms with van der Waals surface area (Å²) in [6, 6.07) is 4.72. The largest absolute Gasteiger partial charge is 0.313 e. The molecule has 0 saturated carbocycles. The highest BCUT2D eigenvalue weighted by molar-refractivity contribution is 7.89. The van der Waals surface area contributed by atoms with Gasteiger partial charge in [-0.05, 0) is 49.6 Å². The standard InChI is InChI=1S/C15H25ClN2O2S/c1-5-17-10-13-9-14(6-7-15(13)16)21(19,20)18-12(4)8-11(2)3/h6-7,9,11-12,17-18H,5,8,10H2,1-4H3. The van der Waals surface area contributed by atoms with Crippen LogP contribution >= 0.6 is 11.6 Å². The van der Waals surface area contributed by atoms with Gasteiger partial charge in [0.2, 0.25) is 10.0 Å². The van der Waals surface area contributed by atoms with E-state index >= 15 is 0 Å². The van der Waals surface area contributed by atoms with Crippen molar-refractivity contribution in [2.75, 3.05) is 6.54 Å². The van der Waals surface area contributed by atoms with Gasteiger partial charge in [-0.25, -0.2) is 13.1 Å². The Morgan fingerprint density at radius 2 is 1.90 bits per heavy atom. The number of rotatable bonds is 8. The van der Waals surface area contributed by atoms with Gasteiger partial charge in [0.05, 0.1) is 4.90 Å². The maximum atomic E-state index is 12.4. The fraction of sp³-hybridized carbons (Fsp3) is 0.600. The number of benzene rings is 1. The Hall–Kier alpha value is -0.620. The second-order valence-corrected chi connectivity index (χ2v) is 7.81. The molecule has 0 spiro atoms. The van der Waals surface area contributed by atoms with Gasteiger partial charge >= 0.3 is 0 Å². The summed E-state index contributed by atoms with van der Waals surface area (Å²) in [5.74, 6) is 0.442. The number of nitrogens with one attached hydrogen (secondary N) is 2. The van der Waals surface area contributed by atoms with E-state index in [0.717, 1.165) is 18.5 Å². The molecule has 4 nitrogen and oxygen atoms in total. The van der Waals surface area contributed by atoms with Crippen LogP contribution in [0, 0.1) is 5.92 Å². The predicted molar refractivity (Wildman–Crippen MR) is 88.1 cm³/mol. The molecule has 1 aromatic carbocycles. The molecule has 0 bridgehead atoms. The van der Waals surface area contributed by atoms with Gasteiger partial charge in [0.25, 0.3) is 0 Å². The molecule has 0 aliphatic carbocycles. The van der Waals surface area contributed by atoms with Crippen molar-refractivity contribution in [3.05, 3.63) is 28.8 Å². The van der Waals surface area contributed by atoms with Crippen molar-refractivity contribution in [3.63, 3.8) is 0 Å². The van der Waals surface area contributed by atoms with Crippen LogP contribution in [0.3, 0.4) is 0 Å². The lowest BCUT2D eigenvalue weighted by atomic mass is 10.1. The summed E-state index contributed by atoms with van der Waals surface area (Å²) < 4.78 is 27.5. The zero-order valence-corrected chi connectivity index (χ0v) is 14.7. The molecule has 0 fully saturated rings. The molecule has 0 amide bonds. The van der Waals surface area contributed by atoms with Crippen molar-refractivity contribution in [1.29, 1.82) is 0 Å². The van der Waals surface area contributed by atoms with Crippen LogP contribution in [0.1, 0.15) is 39.7 Å². The minimum Gasteiger partial charge on any atom is -0.313 e. The molecule has 1 unspecified atom stereocenters. The fourth-order valence-corrected chi connectivity index (χ4v) is 3.69. The van der Waals surface area contributed by atoms with Gasteiger partial charge < -0.3 is 5.32 Å². The van der Waals surface area contributed by atoms with Crippen LogP contribution in [0.4, 0.5) is 0 Å². The van der Waals surface area contributed by atoms with Gasteiger partial charge in [0.15, 0.2) is 0 Å². The number of hydrogen-bond acceptors (Lipinski definition) is 3. The van der Waals surface area contributed by atoms with Crippen LogP contribution in [0.15, 0.2) is 23.1 Å². The summed E-state index contributed by atoms with van der Waals surface area (Å²) in [6.07, 6.45) is 0.803. The molecule has 1 atom stereocenters. The average Bonchev–Trinajstić information content (AvgIpc) is 2.35. The highest BCUT2D eigenvalue weighted by atomic mass is 35.5. The SMILES string of the molecule is CCNCc1cc(S(=O)(=O)NC(C)CC(C)C)ccc1Cl. The van der Waals surface area contributed by atoms with Crippen molar-refractivity contribution >= 4 is 21.6 Å². The molecule has 0 aromatic heterocycles. The smallest absolute Gasteiger partial charge is 0.240 e. The van der Waals surface area contributed by atoms with Crippen LogP contribution in [0.5, 0.6) is 0 Å². The average molecular weight is 333 g/mol. The van der Waals surface area contributed by atoms with Gasteiger partial charge in [0, 0.05) is 17.6 Å². The second-order valence-electron chi connectivity index (χ2n) is 5.69. The zero-order chi connectivity index (χ0) is 16.0. The summed E-state index contributed by atoms with van der Waals surface area (Å²) in [5, 5.41) is 3.73. The molecular weight excluding hydrogens is 308 g/mol. The minimum absolute atomic E-state index is 0.0945. The highest BCUT2D eigenvalue weighted by Gasteiger charge is 2.19. The lowest BCUT2D eigenvalue weighted by Crippen LogP contribution is -2.33. The fourth-order valence-electron chi connectivity index (χ4n) is 2.20. The van der Waals surface area contributed by atoms with Crippen molar-refractivity contribution in [2.24, 2.45) is 5.92 Å². The van der Waals surface area contributed by atoms with Crippen molar-refractivity contribution in [1.82, 2.24) is 10.0 Å². The maximum Gasteiger partial charge on any atom is 0.240 e. The minimum atomic E-state index is -3.51. The third kappa shape index (κ3) is 5.94. The van der Waals surface area contributed by atoms with Crippen molar-refractivity contribution in [3.8, 4) is 0 Å². The number of hydrogen-bond donors (Lipinski definition) is 2. The summed E-state index contributed by atoms with van der Waals surface area (Å²) >= 11 is 6.10. The lowest BCUT2D eigenvalue weighted by molar-refractivity contribution is 0.482. The van der Waals surface area contributed by atoms with Crippen LogP contribution in [0.2, 0.25) is 5.02 Å². The van der Waals surface area contributed by atoms with Gasteiger partial charge in [-0.3, -0.25) is 0 Å². The van der Waals surface area contributed by atoms with Crippen LogP contribution < -0.4 is 10.0 Å². The normalized spacial score (nSPS) is 13.6. The maximum absolute atomic E-state index is 12.4. The van der Waals surface area contributed by atoms with Crippen molar-refractivity contribution in [2.45, 2.75) is 51.6 Å². The third-order valence-corrected chi connectivity index (χ3v) is 5.03. The molecule has 6 heteroatoms. The lowest BCUT2D eigenvalue weighted by Gasteiger charge is -2.17. The van der Waals surface area contributed by atoms with E-state index in [0.29, 0.717) is 17.5 Å². The molecule has 0 radical (unpaired) electrons. The topological polar surface area (TPSA) is 58.2 Å². The molecule has 0 aliphatic heterocycles. The van der Waals surface area contributed by atoms with Gasteiger partial charge in [-0.15, -0.1) is 0 Å². The Balaban J connectivity index is 2.92. The van der Waals surface area contributed by atoms with Gasteiger partial charge in [-0.1, -0.05) is 32.4 Å². The number of sulfonamides is 1. The highest BCUT2D eigenvalue weighted by Crippen LogP contribution is 2.21. The molecule has 1 rings (SSSR count). The molecular formula is C15H25ClN2O2S. The Kier molecular flexibility index (Phi) is 7.13. The molecule has 0 heterocycles. The summed E-state index contributed by atoms with van der Waals surface area (Å²) in [6.45, 7) is 9.37. The number of halogens is 1. The quantitative estimate of drug-likeness (QED) is 0.768. The van der Waals surface area contributed by atoms with E-state index in [1.165, 1.54) is 0 Å². The summed E-state index contributed by atoms with van der Waals surface area (Å²) in [5.41, 5.74) is 0.790. The van der Waals surface area contributed by atoms with E-state index in [1.807, 2.05) is 13.8 Å². The first-order valence-corrected chi connectivity index (χ1v) is 9.13. The Morgan fingerprint density at radius 1 is 1.24 bits per heavy atom. The van der Waals surface area contributed by atoms with Crippen LogP contribution in [-0.4, -0.2) is 21.0 Å². The molecule has 120 valence electrons. The van der Waals surface area contributed by atoms with E-state index in [4.69, 9.17) is 11.6 Å². The summed E-state index contributed by atoms with van der Waals surface area (Å²) in [4.78, 5) is 0.260. The molecule has 21 heavy (non-hydrogen) atoms. The first kappa shape index (κ1) is 18.4. The van der Waals surface area contributed by atoms with E-state index < -0.39 is 10.0 Å². The first-order valence-electron chi connectivity index (χ1n) is 7.27. The molecule has 0 aliphatic rings. The zero-order valence-electron chi connectivity index (χ0n) is 13.1. The van der Waals surface area contributed by atoms with Gasteiger partial charge in [-0.2, -0.15) is 0 Å². The summed E-state index contributed by atoms with van der Waals surface area (Å²) in [7, 11) is -3.51. The monoisotopic (exact) mass is 332 g/mol. The van der Waals surface area contributed by atoms with E-state index in [9.17, 15) is 8.42 Å². The molecule has 1 aromatic rings. The van der Waals surface area contributed by atoms with Crippen LogP contribution in [0.25, 0.3) is 0 Å². The van der Waals surface area contributed by atoms with E-state index in [2.05, 4.69) is 23.9 Å². The Labute approximate surface area is 133 Å². The van der Waals surface area contributed by atoms with Gasteiger partial charge in [0.1, 0.15) is 0 Å². The third-order valence-electron chi connectivity index (χ3n) is 3.07. The van der Waals surface area contributed by atoms with Crippen molar-refractivity contribution < 1.29 is 8.42 Å². The Bertz CT molecular complexity index is 559. The van der Waals surface area contributed by atoms with E-state index in [1.54, 1.807) is 18.2 Å². The molecule has 0 saturated heterocycles. The first-order chi connectivity index (χ1) is 9.76. The van der Waals surface area contributed by atoms with Crippen LogP contribution in [-0.2, 0) is 16.6 Å². The Morgan fingerprint density at radius 3 is 2.48 bits per heavy atom.